The predicted molar refractivity (Wildman–Crippen MR) is 53.8 cm³/mol. The molecule has 1 aliphatic carbocycles. The number of hydrogen-bond donors (Lipinski definition) is 1. The van der Waals surface area contributed by atoms with Crippen LogP contribution in [-0.2, 0) is 0 Å². The van der Waals surface area contributed by atoms with Crippen LogP contribution in [0.2, 0.25) is 0 Å². The van der Waals surface area contributed by atoms with Crippen LogP contribution in [0.1, 0.15) is 26.7 Å². The van der Waals surface area contributed by atoms with Crippen LogP contribution in [0.4, 0.5) is 13.2 Å². The van der Waals surface area contributed by atoms with E-state index in [1.807, 2.05) is 13.8 Å². The van der Waals surface area contributed by atoms with Gasteiger partial charge in [-0.25, -0.2) is 0 Å². The summed E-state index contributed by atoms with van der Waals surface area (Å²) < 4.78 is 36.9. The maximum atomic E-state index is 12.3. The molecule has 1 rings (SSSR count). The summed E-state index contributed by atoms with van der Waals surface area (Å²) in [7, 11) is 0. The van der Waals surface area contributed by atoms with Gasteiger partial charge in [0.15, 0.2) is 0 Å². The molecule has 5 heteroatoms. The molecule has 0 bridgehead atoms. The monoisotopic (exact) mass is 224 g/mol. The van der Waals surface area contributed by atoms with E-state index in [0.29, 0.717) is 6.54 Å². The maximum Gasteiger partial charge on any atom is 0.401 e. The third-order valence-electron chi connectivity index (χ3n) is 2.63. The van der Waals surface area contributed by atoms with Gasteiger partial charge in [-0.3, -0.25) is 4.90 Å². The summed E-state index contributed by atoms with van der Waals surface area (Å²) in [6.07, 6.45) is -2.26. The van der Waals surface area contributed by atoms with Gasteiger partial charge in [-0.1, -0.05) is 6.92 Å². The zero-order valence-electron chi connectivity index (χ0n) is 9.27. The molecule has 0 aromatic rings. The fourth-order valence-electron chi connectivity index (χ4n) is 1.73. The second-order valence-corrected chi connectivity index (χ2v) is 4.18. The minimum absolute atomic E-state index is 0.0425. The van der Waals surface area contributed by atoms with Crippen LogP contribution in [0.3, 0.4) is 0 Å². The quantitative estimate of drug-likeness (QED) is 0.742. The maximum absolute atomic E-state index is 12.3. The molecule has 2 nitrogen and oxygen atoms in total. The fourth-order valence-corrected chi connectivity index (χ4v) is 1.73. The Kier molecular flexibility index (Phi) is 4.40. The molecular weight excluding hydrogens is 205 g/mol. The molecular formula is C10H19F3N2. The van der Waals surface area contributed by atoms with Crippen molar-refractivity contribution in [2.24, 2.45) is 0 Å². The highest BCUT2D eigenvalue weighted by Gasteiger charge is 2.39. The van der Waals surface area contributed by atoms with Gasteiger partial charge in [0.25, 0.3) is 0 Å². The third kappa shape index (κ3) is 4.84. The van der Waals surface area contributed by atoms with Gasteiger partial charge in [-0.05, 0) is 26.3 Å². The van der Waals surface area contributed by atoms with Crippen molar-refractivity contribution in [3.8, 4) is 0 Å². The number of halogens is 3. The number of hydrogen-bond acceptors (Lipinski definition) is 2. The molecule has 0 heterocycles. The molecule has 1 unspecified atom stereocenters. The van der Waals surface area contributed by atoms with Crippen molar-refractivity contribution in [3.63, 3.8) is 0 Å². The Bertz CT molecular complexity index is 190. The molecule has 1 N–H and O–H groups in total. The van der Waals surface area contributed by atoms with Crippen molar-refractivity contribution >= 4 is 0 Å². The van der Waals surface area contributed by atoms with Gasteiger partial charge in [-0.15, -0.1) is 0 Å². The van der Waals surface area contributed by atoms with E-state index >= 15 is 0 Å². The van der Waals surface area contributed by atoms with E-state index in [0.717, 1.165) is 19.4 Å². The van der Waals surface area contributed by atoms with Gasteiger partial charge in [0, 0.05) is 18.6 Å². The lowest BCUT2D eigenvalue weighted by molar-refractivity contribution is -0.151. The molecule has 0 aromatic carbocycles. The molecule has 15 heavy (non-hydrogen) atoms. The lowest BCUT2D eigenvalue weighted by Crippen LogP contribution is -2.46. The van der Waals surface area contributed by atoms with E-state index in [1.54, 1.807) is 4.90 Å². The van der Waals surface area contributed by atoms with Crippen molar-refractivity contribution < 1.29 is 13.2 Å². The number of alkyl halides is 3. The van der Waals surface area contributed by atoms with Gasteiger partial charge in [0.1, 0.15) is 0 Å². The van der Waals surface area contributed by atoms with Gasteiger partial charge in [0.05, 0.1) is 6.54 Å². The standard InChI is InChI=1S/C10H19F3N2/c1-3-14-6-8(2)15(9-4-5-9)7-10(11,12)13/h8-9,14H,3-7H2,1-2H3. The highest BCUT2D eigenvalue weighted by atomic mass is 19.4. The topological polar surface area (TPSA) is 15.3 Å². The average Bonchev–Trinajstić information content (AvgIpc) is 2.92. The molecule has 1 fully saturated rings. The van der Waals surface area contributed by atoms with Crippen LogP contribution in [0.25, 0.3) is 0 Å². The second-order valence-electron chi connectivity index (χ2n) is 4.18. The summed E-state index contributed by atoms with van der Waals surface area (Å²) in [5.74, 6) is 0. The Balaban J connectivity index is 2.42. The summed E-state index contributed by atoms with van der Waals surface area (Å²) in [6.45, 7) is 4.47. The first-order valence-corrected chi connectivity index (χ1v) is 5.47. The minimum Gasteiger partial charge on any atom is -0.315 e. The Labute approximate surface area is 88.8 Å². The van der Waals surface area contributed by atoms with E-state index in [-0.39, 0.29) is 12.1 Å². The Morgan fingerprint density at radius 3 is 2.40 bits per heavy atom. The smallest absolute Gasteiger partial charge is 0.315 e. The highest BCUT2D eigenvalue weighted by molar-refractivity contribution is 4.89. The van der Waals surface area contributed by atoms with Crippen molar-refractivity contribution in [2.75, 3.05) is 19.6 Å². The molecule has 0 spiro atoms. The van der Waals surface area contributed by atoms with Crippen molar-refractivity contribution in [1.82, 2.24) is 10.2 Å². The number of nitrogens with one attached hydrogen (secondary N) is 1. The summed E-state index contributed by atoms with van der Waals surface area (Å²) in [6, 6.07) is 0.111. The van der Waals surface area contributed by atoms with Crippen LogP contribution in [-0.4, -0.2) is 42.8 Å². The summed E-state index contributed by atoms with van der Waals surface area (Å²) in [5, 5.41) is 3.09. The average molecular weight is 224 g/mol. The zero-order chi connectivity index (χ0) is 11.5. The van der Waals surface area contributed by atoms with E-state index in [4.69, 9.17) is 0 Å². The van der Waals surface area contributed by atoms with Crippen LogP contribution in [0.5, 0.6) is 0 Å². The largest absolute Gasteiger partial charge is 0.401 e. The number of rotatable bonds is 6. The van der Waals surface area contributed by atoms with Crippen molar-refractivity contribution in [1.29, 1.82) is 0 Å². The molecule has 1 aliphatic rings. The molecule has 1 saturated carbocycles. The van der Waals surface area contributed by atoms with Gasteiger partial charge < -0.3 is 5.32 Å². The van der Waals surface area contributed by atoms with E-state index < -0.39 is 12.7 Å². The lowest BCUT2D eigenvalue weighted by Gasteiger charge is -2.30. The molecule has 1 atom stereocenters. The molecule has 0 aromatic heterocycles. The first kappa shape index (κ1) is 12.8. The van der Waals surface area contributed by atoms with Crippen LogP contribution in [0, 0.1) is 0 Å². The number of nitrogens with zero attached hydrogens (tertiary/aromatic N) is 1. The molecule has 0 amide bonds. The Hall–Kier alpha value is -0.290. The SMILES string of the molecule is CCNCC(C)N(CC(F)(F)F)C1CC1. The van der Waals surface area contributed by atoms with Crippen molar-refractivity contribution in [3.05, 3.63) is 0 Å². The summed E-state index contributed by atoms with van der Waals surface area (Å²) in [5.41, 5.74) is 0. The van der Waals surface area contributed by atoms with Gasteiger partial charge in [-0.2, -0.15) is 13.2 Å². The van der Waals surface area contributed by atoms with E-state index in [2.05, 4.69) is 5.32 Å². The Morgan fingerprint density at radius 2 is 2.00 bits per heavy atom. The van der Waals surface area contributed by atoms with Crippen LogP contribution in [0.15, 0.2) is 0 Å². The molecule has 0 aliphatic heterocycles. The first-order valence-electron chi connectivity index (χ1n) is 5.47. The zero-order valence-corrected chi connectivity index (χ0v) is 9.27. The third-order valence-corrected chi connectivity index (χ3v) is 2.63. The summed E-state index contributed by atoms with van der Waals surface area (Å²) in [4.78, 5) is 1.57. The van der Waals surface area contributed by atoms with Gasteiger partial charge >= 0.3 is 6.18 Å². The molecule has 90 valence electrons. The Morgan fingerprint density at radius 1 is 1.40 bits per heavy atom. The lowest BCUT2D eigenvalue weighted by atomic mass is 10.2. The first-order chi connectivity index (χ1) is 6.94. The van der Waals surface area contributed by atoms with Crippen molar-refractivity contribution in [2.45, 2.75) is 44.9 Å². The second kappa shape index (κ2) is 5.16. The van der Waals surface area contributed by atoms with Gasteiger partial charge in [0.2, 0.25) is 0 Å². The molecule has 0 radical (unpaired) electrons. The van der Waals surface area contributed by atoms with E-state index in [1.165, 1.54) is 0 Å². The summed E-state index contributed by atoms with van der Waals surface area (Å²) >= 11 is 0. The van der Waals surface area contributed by atoms with Crippen LogP contribution < -0.4 is 5.32 Å². The molecule has 0 saturated heterocycles. The predicted octanol–water partition coefficient (Wildman–Crippen LogP) is 2.01. The normalized spacial score (nSPS) is 19.6. The number of likely N-dealkylation sites (N-methyl/N-ethyl adjacent to an activating group) is 1. The highest BCUT2D eigenvalue weighted by Crippen LogP contribution is 2.31. The van der Waals surface area contributed by atoms with E-state index in [9.17, 15) is 13.2 Å². The minimum atomic E-state index is -4.08. The fraction of sp³-hybridized carbons (Fsp3) is 1.00. The van der Waals surface area contributed by atoms with Crippen LogP contribution >= 0.6 is 0 Å².